The lowest BCUT2D eigenvalue weighted by atomic mass is 10.1. The van der Waals surface area contributed by atoms with Crippen molar-refractivity contribution in [1.82, 2.24) is 9.55 Å². The third-order valence-electron chi connectivity index (χ3n) is 4.11. The normalized spacial score (nSPS) is 10.9. The lowest BCUT2D eigenvalue weighted by Crippen LogP contribution is -2.24. The van der Waals surface area contributed by atoms with E-state index in [0.29, 0.717) is 22.6 Å². The van der Waals surface area contributed by atoms with Gasteiger partial charge in [-0.3, -0.25) is 14.2 Å². The van der Waals surface area contributed by atoms with Crippen molar-refractivity contribution in [3.8, 4) is 0 Å². The molecule has 1 aromatic heterocycles. The van der Waals surface area contributed by atoms with E-state index in [4.69, 9.17) is 0 Å². The van der Waals surface area contributed by atoms with Crippen molar-refractivity contribution >= 4 is 34.3 Å². The van der Waals surface area contributed by atoms with Crippen molar-refractivity contribution < 1.29 is 4.79 Å². The van der Waals surface area contributed by atoms with Gasteiger partial charge in [0.25, 0.3) is 5.56 Å². The Morgan fingerprint density at radius 3 is 2.56 bits per heavy atom. The zero-order chi connectivity index (χ0) is 19.4. The number of para-hydroxylation sites is 1. The highest BCUT2D eigenvalue weighted by Gasteiger charge is 2.13. The van der Waals surface area contributed by atoms with Crippen molar-refractivity contribution in [1.29, 1.82) is 0 Å². The number of aryl methyl sites for hydroxylation is 2. The average molecular weight is 382 g/mol. The van der Waals surface area contributed by atoms with E-state index in [2.05, 4.69) is 16.4 Å². The van der Waals surface area contributed by atoms with Crippen LogP contribution in [0, 0.1) is 13.8 Å². The van der Waals surface area contributed by atoms with E-state index in [9.17, 15) is 9.59 Å². The van der Waals surface area contributed by atoms with Gasteiger partial charge in [-0.1, -0.05) is 36.9 Å². The number of thioether (sulfide) groups is 1. The van der Waals surface area contributed by atoms with Gasteiger partial charge in [0.05, 0.1) is 16.7 Å². The maximum atomic E-state index is 12.8. The zero-order valence-electron chi connectivity index (χ0n) is 15.8. The second-order valence-electron chi connectivity index (χ2n) is 6.58. The van der Waals surface area contributed by atoms with Crippen molar-refractivity contribution in [3.05, 3.63) is 63.9 Å². The van der Waals surface area contributed by atoms with Crippen LogP contribution in [0.4, 0.5) is 5.69 Å². The predicted molar refractivity (Wildman–Crippen MR) is 112 cm³/mol. The average Bonchev–Trinajstić information content (AvgIpc) is 2.62. The first-order valence-corrected chi connectivity index (χ1v) is 9.97. The number of nitrogens with zero attached hydrogens (tertiary/aromatic N) is 2. The maximum absolute atomic E-state index is 12.8. The molecule has 0 saturated heterocycles. The second-order valence-corrected chi connectivity index (χ2v) is 7.52. The van der Waals surface area contributed by atoms with Crippen LogP contribution >= 0.6 is 11.8 Å². The summed E-state index contributed by atoms with van der Waals surface area (Å²) >= 11 is 1.29. The number of fused-ring (bicyclic) bond motifs is 1. The van der Waals surface area contributed by atoms with E-state index in [-0.39, 0.29) is 17.2 Å². The van der Waals surface area contributed by atoms with Crippen LogP contribution in [0.15, 0.2) is 52.4 Å². The first kappa shape index (κ1) is 19.2. The molecule has 5 nitrogen and oxygen atoms in total. The fourth-order valence-electron chi connectivity index (χ4n) is 3.05. The van der Waals surface area contributed by atoms with Gasteiger partial charge in [-0.2, -0.15) is 0 Å². The lowest BCUT2D eigenvalue weighted by Gasteiger charge is -2.12. The molecule has 0 saturated carbocycles. The summed E-state index contributed by atoms with van der Waals surface area (Å²) in [4.78, 5) is 29.7. The molecule has 0 atom stereocenters. The van der Waals surface area contributed by atoms with E-state index >= 15 is 0 Å². The summed E-state index contributed by atoms with van der Waals surface area (Å²) in [5.41, 5.74) is 3.60. The first-order valence-electron chi connectivity index (χ1n) is 8.98. The largest absolute Gasteiger partial charge is 0.325 e. The minimum absolute atomic E-state index is 0.0559. The maximum Gasteiger partial charge on any atom is 0.262 e. The first-order chi connectivity index (χ1) is 13.0. The standard InChI is InChI=1S/C21H23N3O2S/c1-4-9-24-20(26)17-7-5-6-8-18(17)23-21(24)27-13-19(25)22-16-11-14(2)10-15(3)12-16/h5-8,10-12H,4,9,13H2,1-3H3,(H,22,25). The van der Waals surface area contributed by atoms with Crippen LogP contribution in [0.25, 0.3) is 10.9 Å². The minimum atomic E-state index is -0.115. The molecule has 3 aromatic rings. The Morgan fingerprint density at radius 1 is 1.15 bits per heavy atom. The molecule has 3 rings (SSSR count). The summed E-state index contributed by atoms with van der Waals surface area (Å²) in [7, 11) is 0. The van der Waals surface area contributed by atoms with Gasteiger partial charge in [-0.05, 0) is 55.7 Å². The molecule has 1 amide bonds. The van der Waals surface area contributed by atoms with Gasteiger partial charge in [-0.15, -0.1) is 0 Å². The summed E-state index contributed by atoms with van der Waals surface area (Å²) < 4.78 is 1.66. The summed E-state index contributed by atoms with van der Waals surface area (Å²) in [6.07, 6.45) is 0.822. The fourth-order valence-corrected chi connectivity index (χ4v) is 3.88. The Bertz CT molecular complexity index is 1020. The molecule has 0 aliphatic rings. The van der Waals surface area contributed by atoms with Crippen LogP contribution in [-0.2, 0) is 11.3 Å². The van der Waals surface area contributed by atoms with Crippen LogP contribution in [0.1, 0.15) is 24.5 Å². The number of benzene rings is 2. The van der Waals surface area contributed by atoms with Crippen LogP contribution < -0.4 is 10.9 Å². The Balaban J connectivity index is 1.80. The number of anilines is 1. The number of hydrogen-bond donors (Lipinski definition) is 1. The fraction of sp³-hybridized carbons (Fsp3) is 0.286. The Morgan fingerprint density at radius 2 is 1.85 bits per heavy atom. The van der Waals surface area contributed by atoms with Crippen molar-refractivity contribution in [2.75, 3.05) is 11.1 Å². The SMILES string of the molecule is CCCn1c(SCC(=O)Nc2cc(C)cc(C)c2)nc2ccccc2c1=O. The van der Waals surface area contributed by atoms with Crippen molar-refractivity contribution in [3.63, 3.8) is 0 Å². The molecule has 27 heavy (non-hydrogen) atoms. The minimum Gasteiger partial charge on any atom is -0.325 e. The summed E-state index contributed by atoms with van der Waals surface area (Å²) in [6.45, 7) is 6.60. The highest BCUT2D eigenvalue weighted by Crippen LogP contribution is 2.19. The van der Waals surface area contributed by atoms with Crippen LogP contribution in [-0.4, -0.2) is 21.2 Å². The van der Waals surface area contributed by atoms with E-state index in [0.717, 1.165) is 23.2 Å². The molecule has 2 aromatic carbocycles. The molecule has 1 N–H and O–H groups in total. The Kier molecular flexibility index (Phi) is 5.96. The Hall–Kier alpha value is -2.60. The van der Waals surface area contributed by atoms with Crippen LogP contribution in [0.2, 0.25) is 0 Å². The lowest BCUT2D eigenvalue weighted by molar-refractivity contribution is -0.113. The monoisotopic (exact) mass is 381 g/mol. The number of amides is 1. The molecule has 0 aliphatic heterocycles. The number of nitrogens with one attached hydrogen (secondary N) is 1. The molecule has 0 bridgehead atoms. The molecule has 0 radical (unpaired) electrons. The highest BCUT2D eigenvalue weighted by molar-refractivity contribution is 7.99. The quantitative estimate of drug-likeness (QED) is 0.514. The van der Waals surface area contributed by atoms with E-state index < -0.39 is 0 Å². The highest BCUT2D eigenvalue weighted by atomic mass is 32.2. The second kappa shape index (κ2) is 8.39. The molecule has 140 valence electrons. The number of hydrogen-bond acceptors (Lipinski definition) is 4. The summed E-state index contributed by atoms with van der Waals surface area (Å²) in [5.74, 6) is 0.0806. The number of aromatic nitrogens is 2. The molecule has 6 heteroatoms. The van der Waals surface area contributed by atoms with Gasteiger partial charge < -0.3 is 5.32 Å². The van der Waals surface area contributed by atoms with Crippen LogP contribution in [0.3, 0.4) is 0 Å². The molecule has 0 aliphatic carbocycles. The van der Waals surface area contributed by atoms with Gasteiger partial charge in [0.15, 0.2) is 5.16 Å². The molecule has 0 unspecified atom stereocenters. The molecule has 0 spiro atoms. The molecular formula is C21H23N3O2S. The van der Waals surface area contributed by atoms with Gasteiger partial charge in [0.2, 0.25) is 5.91 Å². The van der Waals surface area contributed by atoms with Gasteiger partial charge in [-0.25, -0.2) is 4.98 Å². The number of rotatable bonds is 6. The summed E-state index contributed by atoms with van der Waals surface area (Å²) in [6, 6.07) is 13.3. The van der Waals surface area contributed by atoms with Gasteiger partial charge >= 0.3 is 0 Å². The van der Waals surface area contributed by atoms with Crippen molar-refractivity contribution in [2.24, 2.45) is 0 Å². The number of carbonyl (C=O) groups is 1. The summed E-state index contributed by atoms with van der Waals surface area (Å²) in [5, 5.41) is 4.11. The van der Waals surface area contributed by atoms with E-state index in [1.807, 2.05) is 51.1 Å². The van der Waals surface area contributed by atoms with Gasteiger partial charge in [0.1, 0.15) is 0 Å². The van der Waals surface area contributed by atoms with Gasteiger partial charge in [0, 0.05) is 12.2 Å². The number of carbonyl (C=O) groups excluding carboxylic acids is 1. The molecule has 0 fully saturated rings. The smallest absolute Gasteiger partial charge is 0.262 e. The van der Waals surface area contributed by atoms with E-state index in [1.165, 1.54) is 11.8 Å². The van der Waals surface area contributed by atoms with Crippen molar-refractivity contribution in [2.45, 2.75) is 38.9 Å². The Labute approximate surface area is 162 Å². The predicted octanol–water partition coefficient (Wildman–Crippen LogP) is 4.15. The molecule has 1 heterocycles. The molecular weight excluding hydrogens is 358 g/mol. The topological polar surface area (TPSA) is 64.0 Å². The zero-order valence-corrected chi connectivity index (χ0v) is 16.6. The third kappa shape index (κ3) is 4.57. The van der Waals surface area contributed by atoms with E-state index in [1.54, 1.807) is 10.6 Å². The van der Waals surface area contributed by atoms with Crippen LogP contribution in [0.5, 0.6) is 0 Å². The third-order valence-corrected chi connectivity index (χ3v) is 5.09.